The zero-order valence-electron chi connectivity index (χ0n) is 19.8. The first-order valence-corrected chi connectivity index (χ1v) is 11.7. The lowest BCUT2D eigenvalue weighted by Gasteiger charge is -2.36. The second-order valence-corrected chi connectivity index (χ2v) is 9.51. The molecule has 184 valence electrons. The third kappa shape index (κ3) is 7.52. The molecule has 0 radical (unpaired) electrons. The van der Waals surface area contributed by atoms with Crippen molar-refractivity contribution in [3.63, 3.8) is 0 Å². The monoisotopic (exact) mass is 491 g/mol. The van der Waals surface area contributed by atoms with Crippen LogP contribution in [0.15, 0.2) is 42.5 Å². The largest absolute Gasteiger partial charge is 0.445 e. The van der Waals surface area contributed by atoms with Crippen molar-refractivity contribution in [1.29, 1.82) is 0 Å². The minimum atomic E-state index is -0.580. The minimum absolute atomic E-state index is 0.213. The second kappa shape index (κ2) is 11.4. The highest BCUT2D eigenvalue weighted by Crippen LogP contribution is 2.31. The fraction of sp³-hybridized carbons (Fsp3) is 0.440. The van der Waals surface area contributed by atoms with E-state index in [1.807, 2.05) is 35.2 Å². The number of carbonyl (C=O) groups is 2. The fourth-order valence-electron chi connectivity index (χ4n) is 3.61. The number of carbonyl (C=O) groups excluding carboxylic acids is 2. The van der Waals surface area contributed by atoms with Gasteiger partial charge in [0.1, 0.15) is 18.0 Å². The Balaban J connectivity index is 1.49. The number of alkyl carbamates (subject to hydrolysis) is 1. The van der Waals surface area contributed by atoms with Gasteiger partial charge in [-0.15, -0.1) is 0 Å². The summed E-state index contributed by atoms with van der Waals surface area (Å²) >= 11 is 6.41. The number of hydrogen-bond donors (Lipinski definition) is 1. The number of rotatable bonds is 6. The predicted octanol–water partition coefficient (Wildman–Crippen LogP) is 5.01. The highest BCUT2D eigenvalue weighted by molar-refractivity contribution is 6.33. The van der Waals surface area contributed by atoms with Gasteiger partial charge in [0, 0.05) is 32.7 Å². The highest BCUT2D eigenvalue weighted by Gasteiger charge is 2.25. The topological polar surface area (TPSA) is 71.1 Å². The quantitative estimate of drug-likeness (QED) is 0.615. The molecule has 1 aliphatic rings. The first-order valence-electron chi connectivity index (χ1n) is 11.3. The summed E-state index contributed by atoms with van der Waals surface area (Å²) in [5.41, 5.74) is 1.34. The van der Waals surface area contributed by atoms with E-state index in [4.69, 9.17) is 21.1 Å². The number of benzene rings is 2. The van der Waals surface area contributed by atoms with E-state index in [1.165, 1.54) is 6.07 Å². The van der Waals surface area contributed by atoms with Crippen molar-refractivity contribution in [2.24, 2.45) is 0 Å². The molecular weight excluding hydrogens is 461 g/mol. The second-order valence-electron chi connectivity index (χ2n) is 9.10. The molecule has 3 rings (SSSR count). The molecule has 0 bridgehead atoms. The molecule has 2 aromatic carbocycles. The molecule has 34 heavy (non-hydrogen) atoms. The lowest BCUT2D eigenvalue weighted by molar-refractivity contribution is 0.0528. The molecule has 0 unspecified atom stereocenters. The summed E-state index contributed by atoms with van der Waals surface area (Å²) in [5.74, 6) is -0.431. The molecule has 0 aliphatic carbocycles. The fourth-order valence-corrected chi connectivity index (χ4v) is 3.96. The van der Waals surface area contributed by atoms with Gasteiger partial charge >= 0.3 is 12.2 Å². The van der Waals surface area contributed by atoms with Crippen molar-refractivity contribution in [3.05, 3.63) is 64.4 Å². The summed E-state index contributed by atoms with van der Waals surface area (Å²) in [7, 11) is 0. The molecule has 1 fully saturated rings. The molecule has 1 N–H and O–H groups in total. The number of nitrogens with one attached hydrogen (secondary N) is 1. The number of halogens is 2. The predicted molar refractivity (Wildman–Crippen MR) is 130 cm³/mol. The highest BCUT2D eigenvalue weighted by atomic mass is 35.5. The Bertz CT molecular complexity index is 966. The summed E-state index contributed by atoms with van der Waals surface area (Å²) in [5, 5.41) is 2.95. The van der Waals surface area contributed by atoms with Crippen molar-refractivity contribution < 1.29 is 23.5 Å². The van der Waals surface area contributed by atoms with Crippen LogP contribution in [0.5, 0.6) is 0 Å². The average Bonchev–Trinajstić information content (AvgIpc) is 2.77. The van der Waals surface area contributed by atoms with Crippen LogP contribution in [0.3, 0.4) is 0 Å². The van der Waals surface area contributed by atoms with Gasteiger partial charge in [-0.3, -0.25) is 0 Å². The maximum atomic E-state index is 14.9. The number of nitrogens with zero attached hydrogens (tertiary/aromatic N) is 2. The van der Waals surface area contributed by atoms with Gasteiger partial charge < -0.3 is 24.6 Å². The molecule has 2 amide bonds. The maximum absolute atomic E-state index is 14.9. The zero-order valence-corrected chi connectivity index (χ0v) is 20.5. The minimum Gasteiger partial charge on any atom is -0.445 e. The lowest BCUT2D eigenvalue weighted by Crippen LogP contribution is -2.49. The number of amides is 2. The van der Waals surface area contributed by atoms with Crippen molar-refractivity contribution >= 4 is 29.5 Å². The van der Waals surface area contributed by atoms with Crippen molar-refractivity contribution in [2.75, 3.05) is 37.6 Å². The van der Waals surface area contributed by atoms with Crippen LogP contribution in [0.2, 0.25) is 5.02 Å². The number of anilines is 1. The van der Waals surface area contributed by atoms with Crippen LogP contribution < -0.4 is 10.2 Å². The molecule has 0 atom stereocenters. The molecule has 1 heterocycles. The van der Waals surface area contributed by atoms with E-state index in [1.54, 1.807) is 31.7 Å². The van der Waals surface area contributed by atoms with E-state index in [0.29, 0.717) is 55.4 Å². The van der Waals surface area contributed by atoms with Crippen molar-refractivity contribution in [3.8, 4) is 0 Å². The third-order valence-electron chi connectivity index (χ3n) is 5.22. The summed E-state index contributed by atoms with van der Waals surface area (Å²) < 4.78 is 25.5. The van der Waals surface area contributed by atoms with Gasteiger partial charge in [0.05, 0.1) is 10.7 Å². The molecule has 0 spiro atoms. The van der Waals surface area contributed by atoms with E-state index in [-0.39, 0.29) is 12.7 Å². The SMILES string of the molecule is CC(C)(C)OC(=O)NCCc1cc(F)c(N2CCN(C(=O)OCc3ccccc3)CC2)c(Cl)c1. The standard InChI is InChI=1S/C25H31ClFN3O4/c1-25(2,3)34-23(31)28-10-9-19-15-20(26)22(21(27)16-19)29-11-13-30(14-12-29)24(32)33-17-18-7-5-4-6-8-18/h4-8,15-16H,9-14,17H2,1-3H3,(H,28,31). The van der Waals surface area contributed by atoms with Crippen LogP contribution in [0.4, 0.5) is 19.7 Å². The van der Waals surface area contributed by atoms with Gasteiger partial charge in [0.15, 0.2) is 0 Å². The summed E-state index contributed by atoms with van der Waals surface area (Å²) in [6.07, 6.45) is -0.490. The van der Waals surface area contributed by atoms with Gasteiger partial charge in [-0.2, -0.15) is 0 Å². The van der Waals surface area contributed by atoms with Gasteiger partial charge in [-0.1, -0.05) is 41.9 Å². The van der Waals surface area contributed by atoms with E-state index in [2.05, 4.69) is 5.32 Å². The molecule has 9 heteroatoms. The Morgan fingerprint density at radius 2 is 1.74 bits per heavy atom. The third-order valence-corrected chi connectivity index (χ3v) is 5.51. The van der Waals surface area contributed by atoms with Gasteiger partial charge in [-0.25, -0.2) is 14.0 Å². The maximum Gasteiger partial charge on any atom is 0.410 e. The first kappa shape index (κ1) is 25.6. The number of ether oxygens (including phenoxy) is 2. The molecule has 2 aromatic rings. The Morgan fingerprint density at radius 3 is 2.35 bits per heavy atom. The molecular formula is C25H31ClFN3O4. The van der Waals surface area contributed by atoms with Crippen LogP contribution in [0.1, 0.15) is 31.9 Å². The Hall–Kier alpha value is -3.00. The normalized spacial score (nSPS) is 14.0. The van der Waals surface area contributed by atoms with Gasteiger partial charge in [-0.05, 0) is 50.5 Å². The van der Waals surface area contributed by atoms with Gasteiger partial charge in [0.25, 0.3) is 0 Å². The molecule has 0 saturated carbocycles. The molecule has 1 saturated heterocycles. The zero-order chi connectivity index (χ0) is 24.7. The number of piperazine rings is 1. The van der Waals surface area contributed by atoms with E-state index in [9.17, 15) is 14.0 Å². The summed E-state index contributed by atoms with van der Waals surface area (Å²) in [4.78, 5) is 27.6. The van der Waals surface area contributed by atoms with E-state index < -0.39 is 17.5 Å². The average molecular weight is 492 g/mol. The van der Waals surface area contributed by atoms with E-state index in [0.717, 1.165) is 5.56 Å². The summed E-state index contributed by atoms with van der Waals surface area (Å²) in [6, 6.07) is 12.6. The molecule has 0 aromatic heterocycles. The molecule has 7 nitrogen and oxygen atoms in total. The first-order chi connectivity index (χ1) is 16.1. The van der Waals surface area contributed by atoms with Crippen LogP contribution in [-0.4, -0.2) is 55.4 Å². The van der Waals surface area contributed by atoms with Crippen LogP contribution >= 0.6 is 11.6 Å². The molecule has 1 aliphatic heterocycles. The Morgan fingerprint density at radius 1 is 1.06 bits per heavy atom. The van der Waals surface area contributed by atoms with Crippen molar-refractivity contribution in [2.45, 2.75) is 39.4 Å². The Kier molecular flexibility index (Phi) is 8.61. The summed E-state index contributed by atoms with van der Waals surface area (Å²) in [6.45, 7) is 7.57. The van der Waals surface area contributed by atoms with Crippen LogP contribution in [-0.2, 0) is 22.5 Å². The van der Waals surface area contributed by atoms with E-state index >= 15 is 0 Å². The van der Waals surface area contributed by atoms with Crippen LogP contribution in [0, 0.1) is 5.82 Å². The smallest absolute Gasteiger partial charge is 0.410 e. The van der Waals surface area contributed by atoms with Crippen LogP contribution in [0.25, 0.3) is 0 Å². The van der Waals surface area contributed by atoms with Crippen molar-refractivity contribution in [1.82, 2.24) is 10.2 Å². The Labute approximate surface area is 204 Å². The number of hydrogen-bond acceptors (Lipinski definition) is 5. The lowest BCUT2D eigenvalue weighted by atomic mass is 10.1. The van der Waals surface area contributed by atoms with Gasteiger partial charge in [0.2, 0.25) is 0 Å².